The van der Waals surface area contributed by atoms with Crippen molar-refractivity contribution in [3.8, 4) is 0 Å². The Balaban J connectivity index is 1.56. The summed E-state index contributed by atoms with van der Waals surface area (Å²) in [5.74, 6) is 0.0350. The van der Waals surface area contributed by atoms with Gasteiger partial charge in [-0.25, -0.2) is 0 Å². The summed E-state index contributed by atoms with van der Waals surface area (Å²) in [4.78, 5) is 41.8. The quantitative estimate of drug-likeness (QED) is 0.685. The molecular formula is C23H33N3O4. The lowest BCUT2D eigenvalue weighted by Gasteiger charge is -2.37. The molecule has 1 atom stereocenters. The van der Waals surface area contributed by atoms with Gasteiger partial charge in [-0.05, 0) is 43.7 Å². The van der Waals surface area contributed by atoms with E-state index in [2.05, 4.69) is 5.32 Å². The zero-order valence-corrected chi connectivity index (χ0v) is 18.3. The highest BCUT2D eigenvalue weighted by Crippen LogP contribution is 2.44. The average molecular weight is 416 g/mol. The van der Waals surface area contributed by atoms with Crippen LogP contribution >= 0.6 is 0 Å². The van der Waals surface area contributed by atoms with Gasteiger partial charge in [-0.1, -0.05) is 24.3 Å². The molecule has 0 bridgehead atoms. The van der Waals surface area contributed by atoms with Crippen LogP contribution < -0.4 is 5.32 Å². The number of hydrogen-bond acceptors (Lipinski definition) is 4. The van der Waals surface area contributed by atoms with Crippen LogP contribution in [0.4, 0.5) is 0 Å². The molecule has 2 aliphatic heterocycles. The molecule has 30 heavy (non-hydrogen) atoms. The Morgan fingerprint density at radius 3 is 2.60 bits per heavy atom. The lowest BCUT2D eigenvalue weighted by atomic mass is 9.75. The van der Waals surface area contributed by atoms with E-state index in [1.54, 1.807) is 19.1 Å². The smallest absolute Gasteiger partial charge is 0.242 e. The van der Waals surface area contributed by atoms with Gasteiger partial charge >= 0.3 is 0 Å². The lowest BCUT2D eigenvalue weighted by Crippen LogP contribution is -2.46. The molecule has 1 aromatic carbocycles. The van der Waals surface area contributed by atoms with Gasteiger partial charge in [-0.3, -0.25) is 14.4 Å². The minimum atomic E-state index is -0.525. The third-order valence-electron chi connectivity index (χ3n) is 6.63. The van der Waals surface area contributed by atoms with Crippen molar-refractivity contribution >= 4 is 17.7 Å². The number of benzene rings is 1. The molecule has 2 heterocycles. The zero-order valence-electron chi connectivity index (χ0n) is 18.3. The number of likely N-dealkylation sites (N-methyl/N-ethyl adjacent to an activating group) is 1. The van der Waals surface area contributed by atoms with E-state index in [-0.39, 0.29) is 17.7 Å². The molecule has 1 aromatic rings. The highest BCUT2D eigenvalue weighted by atomic mass is 16.5. The number of aryl methyl sites for hydroxylation is 1. The van der Waals surface area contributed by atoms with Crippen molar-refractivity contribution in [2.75, 3.05) is 40.4 Å². The first-order chi connectivity index (χ1) is 14.4. The van der Waals surface area contributed by atoms with Crippen LogP contribution in [0.15, 0.2) is 24.3 Å². The summed E-state index contributed by atoms with van der Waals surface area (Å²) in [5.41, 5.74) is 1.64. The van der Waals surface area contributed by atoms with E-state index in [0.29, 0.717) is 51.9 Å². The third-order valence-corrected chi connectivity index (χ3v) is 6.63. The normalized spacial score (nSPS) is 20.6. The second-order valence-corrected chi connectivity index (χ2v) is 8.54. The van der Waals surface area contributed by atoms with Gasteiger partial charge < -0.3 is 19.9 Å². The number of amides is 3. The Morgan fingerprint density at radius 2 is 1.93 bits per heavy atom. The Morgan fingerprint density at radius 1 is 1.23 bits per heavy atom. The fourth-order valence-electron chi connectivity index (χ4n) is 4.61. The fourth-order valence-corrected chi connectivity index (χ4v) is 4.61. The molecule has 2 fully saturated rings. The van der Waals surface area contributed by atoms with Crippen LogP contribution in [0.25, 0.3) is 0 Å². The third kappa shape index (κ3) is 4.67. The summed E-state index contributed by atoms with van der Waals surface area (Å²) < 4.78 is 5.00. The molecule has 0 aliphatic carbocycles. The predicted molar refractivity (Wildman–Crippen MR) is 114 cm³/mol. The van der Waals surface area contributed by atoms with Crippen LogP contribution in [-0.2, 0) is 25.5 Å². The Bertz CT molecular complexity index is 786. The number of ether oxygens (including phenoxy) is 1. The van der Waals surface area contributed by atoms with Gasteiger partial charge in [0.05, 0.1) is 11.8 Å². The summed E-state index contributed by atoms with van der Waals surface area (Å²) in [5, 5.41) is 2.91. The van der Waals surface area contributed by atoms with E-state index in [1.807, 2.05) is 36.1 Å². The van der Waals surface area contributed by atoms with Crippen LogP contribution in [0.1, 0.15) is 36.8 Å². The standard InChI is InChI=1S/C23H33N3O4/c1-17-7-4-5-8-18(17)15-20(27)26-12-9-23(10-13-26)16-19(25(2)22(23)29)21(28)24-11-6-14-30-3/h4-5,7-8,19H,6,9-16H2,1-3H3,(H,24,28). The molecule has 0 aromatic heterocycles. The van der Waals surface area contributed by atoms with E-state index in [1.165, 1.54) is 0 Å². The molecule has 2 saturated heterocycles. The van der Waals surface area contributed by atoms with Crippen molar-refractivity contribution in [1.29, 1.82) is 0 Å². The topological polar surface area (TPSA) is 79.0 Å². The first-order valence-electron chi connectivity index (χ1n) is 10.7. The van der Waals surface area contributed by atoms with E-state index >= 15 is 0 Å². The highest BCUT2D eigenvalue weighted by molar-refractivity contribution is 5.94. The molecule has 7 heteroatoms. The fraction of sp³-hybridized carbons (Fsp3) is 0.609. The Kier molecular flexibility index (Phi) is 7.13. The van der Waals surface area contributed by atoms with Crippen molar-refractivity contribution in [2.24, 2.45) is 5.41 Å². The SMILES string of the molecule is COCCCNC(=O)C1CC2(CCN(C(=O)Cc3ccccc3C)CC2)C(=O)N1C. The lowest BCUT2D eigenvalue weighted by molar-refractivity contribution is -0.142. The van der Waals surface area contributed by atoms with E-state index in [9.17, 15) is 14.4 Å². The molecule has 1 N–H and O–H groups in total. The maximum Gasteiger partial charge on any atom is 0.242 e. The molecular weight excluding hydrogens is 382 g/mol. The van der Waals surface area contributed by atoms with E-state index in [4.69, 9.17) is 4.74 Å². The Labute approximate surface area is 178 Å². The Hall–Kier alpha value is -2.41. The van der Waals surface area contributed by atoms with Gasteiger partial charge in [-0.2, -0.15) is 0 Å². The monoisotopic (exact) mass is 415 g/mol. The number of carbonyl (C=O) groups excluding carboxylic acids is 3. The number of methoxy groups -OCH3 is 1. The predicted octanol–water partition coefficient (Wildman–Crippen LogP) is 1.53. The second kappa shape index (κ2) is 9.60. The van der Waals surface area contributed by atoms with Crippen LogP contribution in [0.5, 0.6) is 0 Å². The molecule has 3 rings (SSSR count). The number of nitrogens with one attached hydrogen (secondary N) is 1. The summed E-state index contributed by atoms with van der Waals surface area (Å²) >= 11 is 0. The van der Waals surface area contributed by atoms with Gasteiger partial charge in [0.15, 0.2) is 0 Å². The van der Waals surface area contributed by atoms with E-state index < -0.39 is 11.5 Å². The molecule has 1 unspecified atom stereocenters. The van der Waals surface area contributed by atoms with Gasteiger partial charge in [0.2, 0.25) is 17.7 Å². The van der Waals surface area contributed by atoms with Gasteiger partial charge in [0, 0.05) is 40.4 Å². The molecule has 7 nitrogen and oxygen atoms in total. The molecule has 0 saturated carbocycles. The summed E-state index contributed by atoms with van der Waals surface area (Å²) in [7, 11) is 3.35. The summed E-state index contributed by atoms with van der Waals surface area (Å²) in [6, 6.07) is 7.49. The zero-order chi connectivity index (χ0) is 21.7. The number of nitrogens with zero attached hydrogens (tertiary/aromatic N) is 2. The average Bonchev–Trinajstić information content (AvgIpc) is 2.98. The molecule has 3 amide bonds. The number of carbonyl (C=O) groups is 3. The van der Waals surface area contributed by atoms with Crippen molar-refractivity contribution in [3.05, 3.63) is 35.4 Å². The summed E-state index contributed by atoms with van der Waals surface area (Å²) in [6.45, 7) is 4.27. The van der Waals surface area contributed by atoms with Gasteiger partial charge in [-0.15, -0.1) is 0 Å². The molecule has 2 aliphatic rings. The number of rotatable bonds is 7. The second-order valence-electron chi connectivity index (χ2n) is 8.54. The minimum Gasteiger partial charge on any atom is -0.385 e. The maximum atomic E-state index is 13.0. The van der Waals surface area contributed by atoms with Crippen LogP contribution in [0.3, 0.4) is 0 Å². The summed E-state index contributed by atoms with van der Waals surface area (Å²) in [6.07, 6.45) is 2.89. The van der Waals surface area contributed by atoms with Crippen molar-refractivity contribution in [1.82, 2.24) is 15.1 Å². The van der Waals surface area contributed by atoms with Crippen molar-refractivity contribution < 1.29 is 19.1 Å². The van der Waals surface area contributed by atoms with Crippen LogP contribution in [0, 0.1) is 12.3 Å². The number of piperidine rings is 1. The van der Waals surface area contributed by atoms with Crippen molar-refractivity contribution in [2.45, 2.75) is 45.1 Å². The van der Waals surface area contributed by atoms with E-state index in [0.717, 1.165) is 17.5 Å². The van der Waals surface area contributed by atoms with Gasteiger partial charge in [0.25, 0.3) is 0 Å². The van der Waals surface area contributed by atoms with Crippen molar-refractivity contribution in [3.63, 3.8) is 0 Å². The van der Waals surface area contributed by atoms with Crippen LogP contribution in [-0.4, -0.2) is 74.0 Å². The van der Waals surface area contributed by atoms with Crippen LogP contribution in [0.2, 0.25) is 0 Å². The largest absolute Gasteiger partial charge is 0.385 e. The van der Waals surface area contributed by atoms with Gasteiger partial charge in [0.1, 0.15) is 6.04 Å². The number of hydrogen-bond donors (Lipinski definition) is 1. The molecule has 164 valence electrons. The minimum absolute atomic E-state index is 0.0329. The first-order valence-corrected chi connectivity index (χ1v) is 10.7. The maximum absolute atomic E-state index is 13.0. The highest BCUT2D eigenvalue weighted by Gasteiger charge is 2.53. The molecule has 0 radical (unpaired) electrons. The number of likely N-dealkylation sites (tertiary alicyclic amines) is 2. The first kappa shape index (κ1) is 22.3. The molecule has 1 spiro atoms.